The number of aliphatic hydroxyl groups is 1. The highest BCUT2D eigenvalue weighted by Crippen LogP contribution is 2.34. The van der Waals surface area contributed by atoms with E-state index in [1.54, 1.807) is 6.20 Å². The van der Waals surface area contributed by atoms with E-state index in [1.807, 2.05) is 24.3 Å². The van der Waals surface area contributed by atoms with E-state index in [1.165, 1.54) is 11.1 Å². The van der Waals surface area contributed by atoms with Crippen LogP contribution in [0.3, 0.4) is 0 Å². The maximum absolute atomic E-state index is 11.1. The molecule has 0 atom stereocenters. The zero-order valence-electron chi connectivity index (χ0n) is 14.2. The summed E-state index contributed by atoms with van der Waals surface area (Å²) >= 11 is 0. The third-order valence-electron chi connectivity index (χ3n) is 5.16. The van der Waals surface area contributed by atoms with Crippen LogP contribution in [0.1, 0.15) is 24.1 Å². The van der Waals surface area contributed by atoms with Crippen LogP contribution in [0.4, 0.5) is 0 Å². The van der Waals surface area contributed by atoms with Crippen molar-refractivity contribution in [2.75, 3.05) is 13.1 Å². The van der Waals surface area contributed by atoms with E-state index < -0.39 is 5.60 Å². The molecule has 0 radical (unpaired) electrons. The summed E-state index contributed by atoms with van der Waals surface area (Å²) in [5, 5.41) is 18.1. The summed E-state index contributed by atoms with van der Waals surface area (Å²) in [5.74, 6) is 0. The summed E-state index contributed by atoms with van der Waals surface area (Å²) in [4.78, 5) is 2.36. The Balaban J connectivity index is 1.43. The quantitative estimate of drug-likeness (QED) is 0.767. The lowest BCUT2D eigenvalue weighted by molar-refractivity contribution is -0.0279. The molecule has 0 spiro atoms. The molecule has 0 saturated carbocycles. The Morgan fingerprint density at radius 2 is 1.60 bits per heavy atom. The second kappa shape index (κ2) is 6.82. The summed E-state index contributed by atoms with van der Waals surface area (Å²) in [6.07, 6.45) is 3.29. The van der Waals surface area contributed by atoms with Gasteiger partial charge in [-0.3, -0.25) is 10.00 Å². The van der Waals surface area contributed by atoms with Gasteiger partial charge in [-0.15, -0.1) is 0 Å². The van der Waals surface area contributed by atoms with Crippen molar-refractivity contribution in [1.29, 1.82) is 0 Å². The molecule has 3 aromatic rings. The summed E-state index contributed by atoms with van der Waals surface area (Å²) in [7, 11) is 0. The molecule has 1 aliphatic heterocycles. The first-order chi connectivity index (χ1) is 12.2. The van der Waals surface area contributed by atoms with Crippen molar-refractivity contribution >= 4 is 0 Å². The number of nitrogens with one attached hydrogen (secondary N) is 1. The fourth-order valence-corrected chi connectivity index (χ4v) is 3.59. The Morgan fingerprint density at radius 1 is 0.920 bits per heavy atom. The standard InChI is InChI=1S/C21H23N3O/c25-21(11-14-24(15-12-21)16-20-10-13-22-23-20)19-8-6-18(7-9-19)17-4-2-1-3-5-17/h1-10,13,25H,11-12,14-16H2,(H,22,23). The lowest BCUT2D eigenvalue weighted by Crippen LogP contribution is -2.42. The largest absolute Gasteiger partial charge is 0.385 e. The van der Waals surface area contributed by atoms with Gasteiger partial charge in [0.15, 0.2) is 0 Å². The average molecular weight is 333 g/mol. The van der Waals surface area contributed by atoms with Crippen molar-refractivity contribution in [2.24, 2.45) is 0 Å². The molecule has 128 valence electrons. The number of hydrogen-bond acceptors (Lipinski definition) is 3. The van der Waals surface area contributed by atoms with Crippen LogP contribution in [0.15, 0.2) is 66.9 Å². The van der Waals surface area contributed by atoms with Gasteiger partial charge in [-0.25, -0.2) is 0 Å². The second-order valence-corrected chi connectivity index (χ2v) is 6.83. The Kier molecular flexibility index (Phi) is 4.38. The number of rotatable bonds is 4. The normalized spacial score (nSPS) is 17.5. The second-order valence-electron chi connectivity index (χ2n) is 6.83. The molecule has 4 nitrogen and oxygen atoms in total. The van der Waals surface area contributed by atoms with Crippen molar-refractivity contribution < 1.29 is 5.11 Å². The van der Waals surface area contributed by atoms with E-state index in [4.69, 9.17) is 0 Å². The molecule has 4 heteroatoms. The monoisotopic (exact) mass is 333 g/mol. The predicted molar refractivity (Wildman–Crippen MR) is 98.9 cm³/mol. The SMILES string of the molecule is OC1(c2ccc(-c3ccccc3)cc2)CCN(Cc2ccn[nH]2)CC1. The van der Waals surface area contributed by atoms with Gasteiger partial charge < -0.3 is 5.11 Å². The minimum atomic E-state index is -0.723. The molecule has 0 aliphatic carbocycles. The van der Waals surface area contributed by atoms with E-state index in [2.05, 4.69) is 51.5 Å². The molecule has 2 heterocycles. The van der Waals surface area contributed by atoms with Gasteiger partial charge in [0.25, 0.3) is 0 Å². The third-order valence-corrected chi connectivity index (χ3v) is 5.16. The molecule has 1 fully saturated rings. The Bertz CT molecular complexity index is 789. The van der Waals surface area contributed by atoms with Gasteiger partial charge in [-0.2, -0.15) is 5.10 Å². The van der Waals surface area contributed by atoms with Crippen molar-refractivity contribution in [2.45, 2.75) is 25.0 Å². The van der Waals surface area contributed by atoms with Crippen LogP contribution in [-0.2, 0) is 12.1 Å². The first-order valence-electron chi connectivity index (χ1n) is 8.82. The van der Waals surface area contributed by atoms with Gasteiger partial charge in [0.05, 0.1) is 5.60 Å². The van der Waals surface area contributed by atoms with Gasteiger partial charge in [0.1, 0.15) is 0 Å². The van der Waals surface area contributed by atoms with Gasteiger partial charge in [-0.1, -0.05) is 54.6 Å². The molecule has 0 amide bonds. The van der Waals surface area contributed by atoms with E-state index >= 15 is 0 Å². The van der Waals surface area contributed by atoms with Crippen molar-refractivity contribution in [3.63, 3.8) is 0 Å². The average Bonchev–Trinajstić information content (AvgIpc) is 3.18. The zero-order valence-corrected chi connectivity index (χ0v) is 14.2. The molecule has 1 aliphatic rings. The maximum atomic E-state index is 11.1. The van der Waals surface area contributed by atoms with Crippen LogP contribution in [0, 0.1) is 0 Å². The molecule has 0 unspecified atom stereocenters. The number of benzene rings is 2. The smallest absolute Gasteiger partial charge is 0.0920 e. The lowest BCUT2D eigenvalue weighted by Gasteiger charge is -2.38. The number of aromatic nitrogens is 2. The number of piperidine rings is 1. The molecular formula is C21H23N3O. The molecule has 25 heavy (non-hydrogen) atoms. The fraction of sp³-hybridized carbons (Fsp3) is 0.286. The summed E-state index contributed by atoms with van der Waals surface area (Å²) < 4.78 is 0. The van der Waals surface area contributed by atoms with E-state index in [-0.39, 0.29) is 0 Å². The van der Waals surface area contributed by atoms with Crippen LogP contribution < -0.4 is 0 Å². The van der Waals surface area contributed by atoms with E-state index in [9.17, 15) is 5.11 Å². The van der Waals surface area contributed by atoms with Crippen LogP contribution in [-0.4, -0.2) is 33.3 Å². The van der Waals surface area contributed by atoms with Crippen LogP contribution in [0.25, 0.3) is 11.1 Å². The number of nitrogens with zero attached hydrogens (tertiary/aromatic N) is 2. The third kappa shape index (κ3) is 3.50. The van der Waals surface area contributed by atoms with Crippen LogP contribution in [0.5, 0.6) is 0 Å². The maximum Gasteiger partial charge on any atom is 0.0920 e. The fourth-order valence-electron chi connectivity index (χ4n) is 3.59. The van der Waals surface area contributed by atoms with Gasteiger partial charge in [0, 0.05) is 31.5 Å². The zero-order chi connectivity index (χ0) is 17.1. The first kappa shape index (κ1) is 16.1. The van der Waals surface area contributed by atoms with Crippen molar-refractivity contribution in [1.82, 2.24) is 15.1 Å². The number of hydrogen-bond donors (Lipinski definition) is 2. The Labute approximate surface area is 148 Å². The molecule has 2 N–H and O–H groups in total. The number of likely N-dealkylation sites (tertiary alicyclic amines) is 1. The van der Waals surface area contributed by atoms with Gasteiger partial charge >= 0.3 is 0 Å². The minimum Gasteiger partial charge on any atom is -0.385 e. The van der Waals surface area contributed by atoms with Crippen LogP contribution >= 0.6 is 0 Å². The number of H-pyrrole nitrogens is 1. The number of aromatic amines is 1. The molecule has 1 aromatic heterocycles. The van der Waals surface area contributed by atoms with E-state index in [0.717, 1.165) is 43.7 Å². The highest BCUT2D eigenvalue weighted by Gasteiger charge is 2.33. The summed E-state index contributed by atoms with van der Waals surface area (Å²) in [5.41, 5.74) is 3.81. The van der Waals surface area contributed by atoms with Gasteiger partial charge in [-0.05, 0) is 35.6 Å². The Morgan fingerprint density at radius 3 is 2.24 bits per heavy atom. The summed E-state index contributed by atoms with van der Waals surface area (Å²) in [6.45, 7) is 2.63. The molecule has 4 rings (SSSR count). The lowest BCUT2D eigenvalue weighted by atomic mass is 9.84. The molecule has 0 bridgehead atoms. The van der Waals surface area contributed by atoms with Crippen molar-refractivity contribution in [3.8, 4) is 11.1 Å². The highest BCUT2D eigenvalue weighted by atomic mass is 16.3. The highest BCUT2D eigenvalue weighted by molar-refractivity contribution is 5.63. The molecule has 1 saturated heterocycles. The molecule has 2 aromatic carbocycles. The van der Waals surface area contributed by atoms with Crippen LogP contribution in [0.2, 0.25) is 0 Å². The predicted octanol–water partition coefficient (Wildman–Crippen LogP) is 3.56. The van der Waals surface area contributed by atoms with Crippen molar-refractivity contribution in [3.05, 3.63) is 78.1 Å². The summed E-state index contributed by atoms with van der Waals surface area (Å²) in [6, 6.07) is 20.7. The first-order valence-corrected chi connectivity index (χ1v) is 8.82. The topological polar surface area (TPSA) is 52.1 Å². The van der Waals surface area contributed by atoms with Gasteiger partial charge in [0.2, 0.25) is 0 Å². The molecular weight excluding hydrogens is 310 g/mol. The van der Waals surface area contributed by atoms with E-state index in [0.29, 0.717) is 0 Å². The Hall–Kier alpha value is -2.43. The minimum absolute atomic E-state index is 0.723.